The third-order valence-electron chi connectivity index (χ3n) is 4.49. The average molecular weight is 385 g/mol. The molecule has 3 aliphatic heterocycles. The lowest BCUT2D eigenvalue weighted by molar-refractivity contribution is -0.290. The first-order valence-electron chi connectivity index (χ1n) is 8.22. The predicted molar refractivity (Wildman–Crippen MR) is 89.4 cm³/mol. The monoisotopic (exact) mass is 385 g/mol. The molecule has 3 saturated heterocycles. The highest BCUT2D eigenvalue weighted by Crippen LogP contribution is 2.45. The van der Waals surface area contributed by atoms with Gasteiger partial charge in [-0.15, -0.1) is 0 Å². The van der Waals surface area contributed by atoms with E-state index in [1.807, 2.05) is 30.3 Å². The maximum atomic E-state index is 11.2. The fourth-order valence-corrected chi connectivity index (χ4v) is 3.86. The van der Waals surface area contributed by atoms with Crippen molar-refractivity contribution in [1.29, 1.82) is 0 Å². The van der Waals surface area contributed by atoms with Gasteiger partial charge in [0.1, 0.15) is 18.8 Å². The van der Waals surface area contributed by atoms with Gasteiger partial charge in [-0.05, 0) is 19.3 Å². The Hall–Kier alpha value is -1.05. The quantitative estimate of drug-likeness (QED) is 0.675. The van der Waals surface area contributed by atoms with E-state index in [0.29, 0.717) is 0 Å². The van der Waals surface area contributed by atoms with E-state index in [1.165, 1.54) is 0 Å². The standard InChI is InChI=1S/C15H20BNO8S/c1-14(2)22-13-12-11(23-16(24-12)10-6-4-3-5-7-10)8-20-15(13,25-14)9-21-26(17,18)19/h3-7,11-13H,8-9H2,1-2H3,(H2,17,18,19)/t11-,12-,13+,15+/m1/s1. The van der Waals surface area contributed by atoms with E-state index in [4.69, 9.17) is 32.8 Å². The molecule has 1 aromatic carbocycles. The van der Waals surface area contributed by atoms with E-state index in [9.17, 15) is 8.42 Å². The molecule has 1 aromatic rings. The van der Waals surface area contributed by atoms with Crippen LogP contribution in [0.1, 0.15) is 13.8 Å². The Labute approximate surface area is 152 Å². The Balaban J connectivity index is 1.58. The van der Waals surface area contributed by atoms with E-state index in [2.05, 4.69) is 0 Å². The Morgan fingerprint density at radius 2 is 2.00 bits per heavy atom. The van der Waals surface area contributed by atoms with Gasteiger partial charge in [0.15, 0.2) is 5.79 Å². The number of rotatable bonds is 4. The summed E-state index contributed by atoms with van der Waals surface area (Å²) in [5, 5.41) is 4.95. The molecular formula is C15H20BNO8S. The van der Waals surface area contributed by atoms with Crippen LogP contribution in [-0.2, 0) is 38.0 Å². The average Bonchev–Trinajstić information content (AvgIpc) is 3.11. The zero-order valence-electron chi connectivity index (χ0n) is 14.4. The SMILES string of the molecule is CC1(C)O[C@H]2[C@@H]3OB(c4ccccc4)O[C@@H]3CO[C@@]2(COS(N)(=O)=O)O1. The van der Waals surface area contributed by atoms with Crippen LogP contribution in [0.4, 0.5) is 0 Å². The summed E-state index contributed by atoms with van der Waals surface area (Å²) >= 11 is 0. The lowest BCUT2D eigenvalue weighted by Gasteiger charge is -2.40. The molecule has 2 N–H and O–H groups in total. The van der Waals surface area contributed by atoms with Crippen LogP contribution in [0.25, 0.3) is 0 Å². The van der Waals surface area contributed by atoms with Crippen molar-refractivity contribution in [3.8, 4) is 0 Å². The molecule has 0 radical (unpaired) electrons. The van der Waals surface area contributed by atoms with Crippen LogP contribution in [-0.4, -0.2) is 58.6 Å². The zero-order chi connectivity index (χ0) is 18.6. The third-order valence-corrected chi connectivity index (χ3v) is 4.94. The van der Waals surface area contributed by atoms with E-state index >= 15 is 0 Å². The van der Waals surface area contributed by atoms with Crippen molar-refractivity contribution >= 4 is 22.9 Å². The largest absolute Gasteiger partial charge is 0.494 e. The summed E-state index contributed by atoms with van der Waals surface area (Å²) in [6, 6.07) is 9.49. The van der Waals surface area contributed by atoms with E-state index in [-0.39, 0.29) is 12.7 Å². The van der Waals surface area contributed by atoms with Gasteiger partial charge in [-0.1, -0.05) is 30.3 Å². The molecule has 0 saturated carbocycles. The van der Waals surface area contributed by atoms with Gasteiger partial charge in [-0.2, -0.15) is 8.42 Å². The van der Waals surface area contributed by atoms with Crippen molar-refractivity contribution in [2.45, 2.75) is 43.7 Å². The van der Waals surface area contributed by atoms with Crippen LogP contribution in [0.5, 0.6) is 0 Å². The second-order valence-corrected chi connectivity index (χ2v) is 8.16. The number of ether oxygens (including phenoxy) is 3. The first kappa shape index (κ1) is 18.3. The van der Waals surface area contributed by atoms with Crippen LogP contribution < -0.4 is 10.6 Å². The lowest BCUT2D eigenvalue weighted by atomic mass is 9.79. The van der Waals surface area contributed by atoms with E-state index in [0.717, 1.165) is 5.46 Å². The first-order chi connectivity index (χ1) is 12.2. The highest BCUT2D eigenvalue weighted by Gasteiger charge is 2.65. The summed E-state index contributed by atoms with van der Waals surface area (Å²) in [5.41, 5.74) is 0.867. The second-order valence-electron chi connectivity index (χ2n) is 6.94. The zero-order valence-corrected chi connectivity index (χ0v) is 15.2. The molecular weight excluding hydrogens is 365 g/mol. The normalized spacial score (nSPS) is 36.0. The molecule has 9 nitrogen and oxygen atoms in total. The smallest absolute Gasteiger partial charge is 0.399 e. The van der Waals surface area contributed by atoms with Crippen LogP contribution in [0.3, 0.4) is 0 Å². The number of hydrogen-bond acceptors (Lipinski definition) is 8. The molecule has 4 atom stereocenters. The maximum absolute atomic E-state index is 11.2. The van der Waals surface area contributed by atoms with Gasteiger partial charge in [0.25, 0.3) is 0 Å². The number of nitrogens with two attached hydrogens (primary N) is 1. The fraction of sp³-hybridized carbons (Fsp3) is 0.600. The molecule has 0 aliphatic carbocycles. The minimum absolute atomic E-state index is 0.137. The minimum Gasteiger partial charge on any atom is -0.399 e. The van der Waals surface area contributed by atoms with Gasteiger partial charge in [0.2, 0.25) is 5.79 Å². The summed E-state index contributed by atoms with van der Waals surface area (Å²) in [4.78, 5) is 0. The van der Waals surface area contributed by atoms with Gasteiger partial charge in [-0.3, -0.25) is 4.18 Å². The topological polar surface area (TPSA) is 116 Å². The van der Waals surface area contributed by atoms with Crippen molar-refractivity contribution in [3.63, 3.8) is 0 Å². The maximum Gasteiger partial charge on any atom is 0.494 e. The molecule has 4 rings (SSSR count). The molecule has 0 amide bonds. The van der Waals surface area contributed by atoms with Crippen LogP contribution in [0.15, 0.2) is 30.3 Å². The van der Waals surface area contributed by atoms with Gasteiger partial charge in [0.05, 0.1) is 12.7 Å². The van der Waals surface area contributed by atoms with E-state index in [1.54, 1.807) is 13.8 Å². The summed E-state index contributed by atoms with van der Waals surface area (Å²) in [5.74, 6) is -2.47. The Bertz CT molecular complexity index is 775. The molecule has 0 unspecified atom stereocenters. The molecule has 0 bridgehead atoms. The number of fused-ring (bicyclic) bond motifs is 3. The third kappa shape index (κ3) is 3.41. The highest BCUT2D eigenvalue weighted by atomic mass is 32.2. The van der Waals surface area contributed by atoms with Crippen molar-refractivity contribution in [2.24, 2.45) is 5.14 Å². The molecule has 26 heavy (non-hydrogen) atoms. The van der Waals surface area contributed by atoms with Crippen LogP contribution in [0, 0.1) is 0 Å². The molecule has 3 fully saturated rings. The molecule has 3 aliphatic rings. The Morgan fingerprint density at radius 1 is 1.27 bits per heavy atom. The van der Waals surface area contributed by atoms with Gasteiger partial charge in [0, 0.05) is 0 Å². The molecule has 0 aromatic heterocycles. The van der Waals surface area contributed by atoms with Crippen LogP contribution in [0.2, 0.25) is 0 Å². The Morgan fingerprint density at radius 3 is 2.69 bits per heavy atom. The van der Waals surface area contributed by atoms with E-state index < -0.39 is 47.8 Å². The number of hydrogen-bond donors (Lipinski definition) is 1. The summed E-state index contributed by atoms with van der Waals surface area (Å²) < 4.78 is 56.9. The molecule has 11 heteroatoms. The van der Waals surface area contributed by atoms with Crippen molar-refractivity contribution < 1.29 is 36.1 Å². The fourth-order valence-electron chi connectivity index (χ4n) is 3.53. The summed E-state index contributed by atoms with van der Waals surface area (Å²) in [6.07, 6.45) is -1.64. The second kappa shape index (κ2) is 6.25. The van der Waals surface area contributed by atoms with Gasteiger partial charge < -0.3 is 23.5 Å². The first-order valence-corrected chi connectivity index (χ1v) is 9.70. The van der Waals surface area contributed by atoms with Crippen molar-refractivity contribution in [3.05, 3.63) is 30.3 Å². The minimum atomic E-state index is -4.17. The molecule has 142 valence electrons. The Kier molecular flexibility index (Phi) is 4.40. The summed E-state index contributed by atoms with van der Waals surface area (Å²) in [7, 11) is -4.74. The van der Waals surface area contributed by atoms with Crippen molar-refractivity contribution in [1.82, 2.24) is 0 Å². The van der Waals surface area contributed by atoms with Crippen molar-refractivity contribution in [2.75, 3.05) is 13.2 Å². The molecule has 3 heterocycles. The predicted octanol–water partition coefficient (Wildman–Crippen LogP) is -0.736. The summed E-state index contributed by atoms with van der Waals surface area (Å²) in [6.45, 7) is 3.10. The molecule has 0 spiro atoms. The number of benzene rings is 1. The van der Waals surface area contributed by atoms with Crippen LogP contribution >= 0.6 is 0 Å². The van der Waals surface area contributed by atoms with Gasteiger partial charge >= 0.3 is 17.4 Å². The van der Waals surface area contributed by atoms with Gasteiger partial charge in [-0.25, -0.2) is 5.14 Å². The lowest BCUT2D eigenvalue weighted by Crippen LogP contribution is -2.60. The highest BCUT2D eigenvalue weighted by molar-refractivity contribution is 7.84.